The van der Waals surface area contributed by atoms with Crippen LogP contribution in [0.1, 0.15) is 45.4 Å². The Morgan fingerprint density at radius 1 is 1.19 bits per heavy atom. The molecule has 0 aliphatic rings. The molecule has 1 aromatic heterocycles. The zero-order chi connectivity index (χ0) is 11.6. The monoisotopic (exact) mass is 222 g/mol. The van der Waals surface area contributed by atoms with Gasteiger partial charge in [-0.2, -0.15) is 0 Å². The molecule has 0 radical (unpaired) electrons. The van der Waals surface area contributed by atoms with E-state index in [0.29, 0.717) is 5.82 Å². The van der Waals surface area contributed by atoms with E-state index in [9.17, 15) is 0 Å². The Morgan fingerprint density at radius 3 is 2.69 bits per heavy atom. The molecule has 0 unspecified atom stereocenters. The lowest BCUT2D eigenvalue weighted by atomic mass is 10.1. The predicted molar refractivity (Wildman–Crippen MR) is 67.5 cm³/mol. The quantitative estimate of drug-likeness (QED) is 0.686. The van der Waals surface area contributed by atoms with Gasteiger partial charge in [-0.05, 0) is 12.5 Å². The summed E-state index contributed by atoms with van der Waals surface area (Å²) in [7, 11) is 0. The normalized spacial score (nSPS) is 10.3. The summed E-state index contributed by atoms with van der Waals surface area (Å²) in [5, 5.41) is 0. The molecule has 16 heavy (non-hydrogen) atoms. The van der Waals surface area contributed by atoms with Crippen LogP contribution >= 0.6 is 0 Å². The lowest BCUT2D eigenvalue weighted by Crippen LogP contribution is -1.98. The number of aromatic nitrogens is 1. The van der Waals surface area contributed by atoms with Crippen molar-refractivity contribution in [1.29, 1.82) is 0 Å². The van der Waals surface area contributed by atoms with Crippen LogP contribution in [0.3, 0.4) is 0 Å². The average molecular weight is 222 g/mol. The number of nitrogen functional groups attached to an aromatic ring is 1. The Morgan fingerprint density at radius 2 is 1.94 bits per heavy atom. The van der Waals surface area contributed by atoms with Crippen LogP contribution in [0.5, 0.6) is 5.75 Å². The Labute approximate surface area is 98.0 Å². The molecule has 0 amide bonds. The maximum atomic E-state index is 5.57. The molecule has 90 valence electrons. The third-order valence-corrected chi connectivity index (χ3v) is 2.52. The molecule has 0 fully saturated rings. The van der Waals surface area contributed by atoms with Crippen molar-refractivity contribution in [3.63, 3.8) is 0 Å². The largest absolute Gasteiger partial charge is 0.493 e. The Bertz CT molecular complexity index is 289. The summed E-state index contributed by atoms with van der Waals surface area (Å²) in [4.78, 5) is 3.92. The van der Waals surface area contributed by atoms with Crippen LogP contribution < -0.4 is 10.5 Å². The van der Waals surface area contributed by atoms with Gasteiger partial charge in [0.15, 0.2) is 0 Å². The topological polar surface area (TPSA) is 48.1 Å². The van der Waals surface area contributed by atoms with Gasteiger partial charge < -0.3 is 10.5 Å². The summed E-state index contributed by atoms with van der Waals surface area (Å²) < 4.78 is 5.57. The minimum absolute atomic E-state index is 0.514. The van der Waals surface area contributed by atoms with Crippen LogP contribution in [0.4, 0.5) is 5.82 Å². The van der Waals surface area contributed by atoms with E-state index in [0.717, 1.165) is 18.8 Å². The summed E-state index contributed by atoms with van der Waals surface area (Å²) in [6.07, 6.45) is 9.35. The van der Waals surface area contributed by atoms with Crippen molar-refractivity contribution in [2.75, 3.05) is 12.3 Å². The van der Waals surface area contributed by atoms with E-state index in [4.69, 9.17) is 10.5 Å². The third-order valence-electron chi connectivity index (χ3n) is 2.52. The average Bonchev–Trinajstić information content (AvgIpc) is 2.28. The molecule has 3 nitrogen and oxygen atoms in total. The van der Waals surface area contributed by atoms with Gasteiger partial charge in [0.2, 0.25) is 0 Å². The van der Waals surface area contributed by atoms with Crippen LogP contribution in [0.2, 0.25) is 0 Å². The minimum atomic E-state index is 0.514. The van der Waals surface area contributed by atoms with Crippen LogP contribution in [0.15, 0.2) is 18.3 Å². The number of nitrogens with two attached hydrogens (primary N) is 1. The summed E-state index contributed by atoms with van der Waals surface area (Å²) in [5.41, 5.74) is 5.55. The van der Waals surface area contributed by atoms with Crippen molar-refractivity contribution in [2.24, 2.45) is 0 Å². The standard InChI is InChI=1S/C13H22N2O/c1-2-3-4-5-6-7-10-16-12-8-9-15-13(14)11-12/h8-9,11H,2-7,10H2,1H3,(H2,14,15). The first-order chi connectivity index (χ1) is 7.83. The van der Waals surface area contributed by atoms with E-state index in [1.54, 1.807) is 12.3 Å². The Balaban J connectivity index is 2.03. The van der Waals surface area contributed by atoms with Crippen molar-refractivity contribution >= 4 is 5.82 Å². The van der Waals surface area contributed by atoms with Gasteiger partial charge >= 0.3 is 0 Å². The fourth-order valence-corrected chi connectivity index (χ4v) is 1.59. The van der Waals surface area contributed by atoms with E-state index in [1.807, 2.05) is 6.07 Å². The first kappa shape index (κ1) is 12.8. The fraction of sp³-hybridized carbons (Fsp3) is 0.615. The third kappa shape index (κ3) is 5.59. The number of nitrogens with zero attached hydrogens (tertiary/aromatic N) is 1. The maximum absolute atomic E-state index is 5.57. The molecule has 0 saturated carbocycles. The fourth-order valence-electron chi connectivity index (χ4n) is 1.59. The Hall–Kier alpha value is -1.25. The number of ether oxygens (including phenoxy) is 1. The van der Waals surface area contributed by atoms with Gasteiger partial charge in [0.05, 0.1) is 6.61 Å². The zero-order valence-corrected chi connectivity index (χ0v) is 10.1. The highest BCUT2D eigenvalue weighted by Gasteiger charge is 1.95. The van der Waals surface area contributed by atoms with Gasteiger partial charge in [0.1, 0.15) is 11.6 Å². The van der Waals surface area contributed by atoms with Crippen molar-refractivity contribution in [3.05, 3.63) is 18.3 Å². The van der Waals surface area contributed by atoms with Crippen LogP contribution in [0.25, 0.3) is 0 Å². The second-order valence-corrected chi connectivity index (χ2v) is 4.03. The van der Waals surface area contributed by atoms with Gasteiger partial charge in [0.25, 0.3) is 0 Å². The van der Waals surface area contributed by atoms with Gasteiger partial charge in [-0.3, -0.25) is 0 Å². The maximum Gasteiger partial charge on any atom is 0.126 e. The lowest BCUT2D eigenvalue weighted by Gasteiger charge is -2.06. The smallest absolute Gasteiger partial charge is 0.126 e. The lowest BCUT2D eigenvalue weighted by molar-refractivity contribution is 0.304. The summed E-state index contributed by atoms with van der Waals surface area (Å²) in [6.45, 7) is 3.01. The first-order valence-electron chi connectivity index (χ1n) is 6.17. The molecule has 0 atom stereocenters. The van der Waals surface area contributed by atoms with E-state index in [-0.39, 0.29) is 0 Å². The van der Waals surface area contributed by atoms with Crippen LogP contribution in [-0.4, -0.2) is 11.6 Å². The first-order valence-corrected chi connectivity index (χ1v) is 6.17. The number of pyridine rings is 1. The highest BCUT2D eigenvalue weighted by Crippen LogP contribution is 2.13. The van der Waals surface area contributed by atoms with Gasteiger partial charge in [-0.25, -0.2) is 4.98 Å². The predicted octanol–water partition coefficient (Wildman–Crippen LogP) is 3.40. The van der Waals surface area contributed by atoms with E-state index in [1.165, 1.54) is 32.1 Å². The van der Waals surface area contributed by atoms with Crippen molar-refractivity contribution in [2.45, 2.75) is 45.4 Å². The molecule has 0 bridgehead atoms. The summed E-state index contributed by atoms with van der Waals surface area (Å²) in [5.74, 6) is 1.33. The van der Waals surface area contributed by atoms with E-state index >= 15 is 0 Å². The van der Waals surface area contributed by atoms with E-state index in [2.05, 4.69) is 11.9 Å². The van der Waals surface area contributed by atoms with Gasteiger partial charge in [-0.1, -0.05) is 39.0 Å². The number of anilines is 1. The molecule has 0 saturated heterocycles. The van der Waals surface area contributed by atoms with Crippen molar-refractivity contribution in [3.8, 4) is 5.75 Å². The SMILES string of the molecule is CCCCCCCCOc1ccnc(N)c1. The molecular formula is C13H22N2O. The molecule has 1 heterocycles. The number of rotatable bonds is 8. The number of unbranched alkanes of at least 4 members (excludes halogenated alkanes) is 5. The van der Waals surface area contributed by atoms with Crippen LogP contribution in [-0.2, 0) is 0 Å². The van der Waals surface area contributed by atoms with Gasteiger partial charge in [-0.15, -0.1) is 0 Å². The Kier molecular flexibility index (Phi) is 6.38. The highest BCUT2D eigenvalue weighted by atomic mass is 16.5. The number of hydrogen-bond donors (Lipinski definition) is 1. The molecule has 0 aliphatic carbocycles. The number of hydrogen-bond acceptors (Lipinski definition) is 3. The molecule has 0 spiro atoms. The van der Waals surface area contributed by atoms with Gasteiger partial charge in [0, 0.05) is 12.3 Å². The van der Waals surface area contributed by atoms with Crippen molar-refractivity contribution < 1.29 is 4.74 Å². The molecule has 2 N–H and O–H groups in total. The second kappa shape index (κ2) is 7.97. The molecule has 3 heteroatoms. The second-order valence-electron chi connectivity index (χ2n) is 4.03. The highest BCUT2D eigenvalue weighted by molar-refractivity contribution is 5.35. The molecular weight excluding hydrogens is 200 g/mol. The zero-order valence-electron chi connectivity index (χ0n) is 10.1. The summed E-state index contributed by atoms with van der Waals surface area (Å²) >= 11 is 0. The molecule has 0 aliphatic heterocycles. The minimum Gasteiger partial charge on any atom is -0.493 e. The molecule has 1 rings (SSSR count). The van der Waals surface area contributed by atoms with Crippen molar-refractivity contribution in [1.82, 2.24) is 4.98 Å². The summed E-state index contributed by atoms with van der Waals surface area (Å²) in [6, 6.07) is 3.60. The van der Waals surface area contributed by atoms with Crippen LogP contribution in [0, 0.1) is 0 Å². The van der Waals surface area contributed by atoms with E-state index < -0.39 is 0 Å². The molecule has 1 aromatic rings. The molecule has 0 aromatic carbocycles.